The summed E-state index contributed by atoms with van der Waals surface area (Å²) < 4.78 is 10.4. The Morgan fingerprint density at radius 3 is 2.38 bits per heavy atom. The molecule has 0 aliphatic rings. The van der Waals surface area contributed by atoms with Crippen molar-refractivity contribution in [3.63, 3.8) is 0 Å². The van der Waals surface area contributed by atoms with Crippen LogP contribution in [0.1, 0.15) is 26.3 Å². The van der Waals surface area contributed by atoms with Crippen LogP contribution in [0.15, 0.2) is 18.2 Å². The Balaban J connectivity index is 2.76. The predicted octanol–water partition coefficient (Wildman–Crippen LogP) is 3.66. The van der Waals surface area contributed by atoms with E-state index in [9.17, 15) is 0 Å². The summed E-state index contributed by atoms with van der Waals surface area (Å²) in [6.45, 7) is 7.56. The van der Waals surface area contributed by atoms with Gasteiger partial charge in [0.15, 0.2) is 0 Å². The van der Waals surface area contributed by atoms with Crippen molar-refractivity contribution in [2.24, 2.45) is 0 Å². The lowest BCUT2D eigenvalue weighted by atomic mass is 9.87. The summed E-state index contributed by atoms with van der Waals surface area (Å²) in [5.74, 6) is 0.715. The van der Waals surface area contributed by atoms with Gasteiger partial charge in [-0.15, -0.1) is 0 Å². The molecule has 90 valence electrons. The van der Waals surface area contributed by atoms with Crippen LogP contribution in [0.5, 0.6) is 5.75 Å². The van der Waals surface area contributed by atoms with E-state index in [1.807, 2.05) is 18.2 Å². The van der Waals surface area contributed by atoms with E-state index in [1.54, 1.807) is 7.11 Å². The zero-order chi connectivity index (χ0) is 12.2. The second kappa shape index (κ2) is 5.55. The summed E-state index contributed by atoms with van der Waals surface area (Å²) in [5.41, 5.74) is 1.31. The molecule has 3 heteroatoms. The van der Waals surface area contributed by atoms with Gasteiger partial charge in [-0.05, 0) is 23.1 Å². The fraction of sp³-hybridized carbons (Fsp3) is 0.538. The van der Waals surface area contributed by atoms with Gasteiger partial charge in [-0.2, -0.15) is 0 Å². The van der Waals surface area contributed by atoms with Crippen molar-refractivity contribution >= 4 is 11.6 Å². The van der Waals surface area contributed by atoms with Crippen LogP contribution in [0.2, 0.25) is 5.02 Å². The minimum absolute atomic E-state index is 0.106. The highest BCUT2D eigenvalue weighted by molar-refractivity contribution is 6.32. The average molecular weight is 243 g/mol. The first-order valence-electron chi connectivity index (χ1n) is 5.37. The van der Waals surface area contributed by atoms with Crippen molar-refractivity contribution in [2.45, 2.75) is 26.2 Å². The van der Waals surface area contributed by atoms with Crippen molar-refractivity contribution in [1.82, 2.24) is 0 Å². The number of hydrogen-bond acceptors (Lipinski definition) is 2. The van der Waals surface area contributed by atoms with Crippen molar-refractivity contribution in [3.05, 3.63) is 28.8 Å². The zero-order valence-electron chi connectivity index (χ0n) is 10.3. The van der Waals surface area contributed by atoms with Crippen molar-refractivity contribution < 1.29 is 9.47 Å². The minimum Gasteiger partial charge on any atom is -0.490 e. The van der Waals surface area contributed by atoms with Gasteiger partial charge in [0.05, 0.1) is 11.6 Å². The van der Waals surface area contributed by atoms with Crippen LogP contribution in [-0.4, -0.2) is 20.3 Å². The molecule has 2 nitrogen and oxygen atoms in total. The molecule has 16 heavy (non-hydrogen) atoms. The molecule has 0 amide bonds. The molecule has 0 fully saturated rings. The fourth-order valence-corrected chi connectivity index (χ4v) is 1.55. The molecule has 0 N–H and O–H groups in total. The van der Waals surface area contributed by atoms with Crippen molar-refractivity contribution in [2.75, 3.05) is 20.3 Å². The first-order chi connectivity index (χ1) is 7.45. The third kappa shape index (κ3) is 3.69. The molecular weight excluding hydrogens is 224 g/mol. The first kappa shape index (κ1) is 13.3. The Bertz CT molecular complexity index is 342. The molecule has 0 heterocycles. The molecule has 1 aromatic rings. The Morgan fingerprint density at radius 2 is 1.88 bits per heavy atom. The van der Waals surface area contributed by atoms with Crippen LogP contribution in [-0.2, 0) is 10.2 Å². The maximum absolute atomic E-state index is 6.15. The van der Waals surface area contributed by atoms with Gasteiger partial charge in [-0.25, -0.2) is 0 Å². The third-order valence-electron chi connectivity index (χ3n) is 2.34. The van der Waals surface area contributed by atoms with E-state index in [0.717, 1.165) is 0 Å². The van der Waals surface area contributed by atoms with Crippen LogP contribution in [0, 0.1) is 0 Å². The highest BCUT2D eigenvalue weighted by Crippen LogP contribution is 2.31. The van der Waals surface area contributed by atoms with Crippen molar-refractivity contribution in [3.8, 4) is 5.75 Å². The molecule has 0 spiro atoms. The lowest BCUT2D eigenvalue weighted by molar-refractivity contribution is 0.146. The van der Waals surface area contributed by atoms with E-state index in [2.05, 4.69) is 20.8 Å². The van der Waals surface area contributed by atoms with Gasteiger partial charge in [0.1, 0.15) is 12.4 Å². The van der Waals surface area contributed by atoms with Crippen molar-refractivity contribution in [1.29, 1.82) is 0 Å². The van der Waals surface area contributed by atoms with Gasteiger partial charge in [0, 0.05) is 7.11 Å². The van der Waals surface area contributed by atoms with E-state index < -0.39 is 0 Å². The quantitative estimate of drug-likeness (QED) is 0.751. The first-order valence-corrected chi connectivity index (χ1v) is 5.74. The summed E-state index contributed by atoms with van der Waals surface area (Å²) in [7, 11) is 1.65. The molecule has 1 rings (SSSR count). The van der Waals surface area contributed by atoms with Gasteiger partial charge in [0.2, 0.25) is 0 Å². The van der Waals surface area contributed by atoms with Gasteiger partial charge >= 0.3 is 0 Å². The summed E-state index contributed by atoms with van der Waals surface area (Å²) in [6, 6.07) is 5.93. The topological polar surface area (TPSA) is 18.5 Å². The van der Waals surface area contributed by atoms with E-state index >= 15 is 0 Å². The normalized spacial score (nSPS) is 11.6. The molecule has 0 aromatic heterocycles. The second-order valence-electron chi connectivity index (χ2n) is 4.74. The highest BCUT2D eigenvalue weighted by atomic mass is 35.5. The highest BCUT2D eigenvalue weighted by Gasteiger charge is 2.15. The van der Waals surface area contributed by atoms with Gasteiger partial charge in [0.25, 0.3) is 0 Å². The monoisotopic (exact) mass is 242 g/mol. The Morgan fingerprint density at radius 1 is 1.19 bits per heavy atom. The van der Waals surface area contributed by atoms with Crippen LogP contribution < -0.4 is 4.74 Å². The number of ether oxygens (including phenoxy) is 2. The zero-order valence-corrected chi connectivity index (χ0v) is 11.1. The largest absolute Gasteiger partial charge is 0.490 e. The molecule has 0 atom stereocenters. The summed E-state index contributed by atoms with van der Waals surface area (Å²) >= 11 is 6.15. The van der Waals surface area contributed by atoms with Crippen LogP contribution in [0.4, 0.5) is 0 Å². The second-order valence-corrected chi connectivity index (χ2v) is 5.14. The summed E-state index contributed by atoms with van der Waals surface area (Å²) in [6.07, 6.45) is 0. The number of methoxy groups -OCH3 is 1. The third-order valence-corrected chi connectivity index (χ3v) is 2.64. The van der Waals surface area contributed by atoms with Gasteiger partial charge in [-0.3, -0.25) is 0 Å². The minimum atomic E-state index is 0.106. The summed E-state index contributed by atoms with van der Waals surface area (Å²) in [5, 5.41) is 0.656. The Labute approximate surface area is 103 Å². The standard InChI is InChI=1S/C13H19ClO2/c1-13(2,3)10-5-6-12(11(14)9-10)16-8-7-15-4/h5-6,9H,7-8H2,1-4H3. The molecule has 0 radical (unpaired) electrons. The van der Waals surface area contributed by atoms with E-state index in [0.29, 0.717) is 24.0 Å². The smallest absolute Gasteiger partial charge is 0.138 e. The Kier molecular flexibility index (Phi) is 4.63. The molecule has 0 aliphatic heterocycles. The molecule has 0 bridgehead atoms. The SMILES string of the molecule is COCCOc1ccc(C(C)(C)C)cc1Cl. The van der Waals surface area contributed by atoms with Crippen LogP contribution in [0.25, 0.3) is 0 Å². The molecule has 0 unspecified atom stereocenters. The number of halogens is 1. The van der Waals surface area contributed by atoms with E-state index in [-0.39, 0.29) is 5.41 Å². The molecule has 0 saturated heterocycles. The summed E-state index contributed by atoms with van der Waals surface area (Å²) in [4.78, 5) is 0. The van der Waals surface area contributed by atoms with Crippen LogP contribution in [0.3, 0.4) is 0 Å². The van der Waals surface area contributed by atoms with E-state index in [1.165, 1.54) is 5.56 Å². The lowest BCUT2D eigenvalue weighted by Crippen LogP contribution is -2.11. The molecule has 0 saturated carbocycles. The molecule has 1 aromatic carbocycles. The lowest BCUT2D eigenvalue weighted by Gasteiger charge is -2.20. The molecular formula is C13H19ClO2. The number of hydrogen-bond donors (Lipinski definition) is 0. The Hall–Kier alpha value is -0.730. The van der Waals surface area contributed by atoms with Gasteiger partial charge in [-0.1, -0.05) is 38.4 Å². The fourth-order valence-electron chi connectivity index (χ4n) is 1.32. The average Bonchev–Trinajstić information content (AvgIpc) is 2.19. The number of benzene rings is 1. The van der Waals surface area contributed by atoms with Gasteiger partial charge < -0.3 is 9.47 Å². The number of rotatable bonds is 4. The van der Waals surface area contributed by atoms with Crippen LogP contribution >= 0.6 is 11.6 Å². The van der Waals surface area contributed by atoms with E-state index in [4.69, 9.17) is 21.1 Å². The predicted molar refractivity (Wildman–Crippen MR) is 67.5 cm³/mol. The molecule has 0 aliphatic carbocycles. The maximum Gasteiger partial charge on any atom is 0.138 e. The maximum atomic E-state index is 6.15.